The van der Waals surface area contributed by atoms with E-state index in [1.54, 1.807) is 11.6 Å². The van der Waals surface area contributed by atoms with Crippen molar-refractivity contribution in [1.82, 2.24) is 18.7 Å². The molecule has 2 heterocycles. The predicted octanol–water partition coefficient (Wildman–Crippen LogP) is 1.57. The number of carbonyl (C=O) groups excluding carboxylic acids is 1. The number of thioether (sulfide) groups is 1. The zero-order valence-corrected chi connectivity index (χ0v) is 16.2. The molecule has 0 spiro atoms. The Morgan fingerprint density at radius 2 is 1.85 bits per heavy atom. The summed E-state index contributed by atoms with van der Waals surface area (Å²) in [7, 11) is 3.04. The fraction of sp³-hybridized carbons (Fsp3) is 0.333. The van der Waals surface area contributed by atoms with Crippen LogP contribution < -0.4 is 16.6 Å². The van der Waals surface area contributed by atoms with Crippen LogP contribution in [0.4, 0.5) is 5.69 Å². The maximum atomic E-state index is 12.6. The lowest BCUT2D eigenvalue weighted by atomic mass is 10.3. The Morgan fingerprint density at radius 3 is 2.52 bits per heavy atom. The van der Waals surface area contributed by atoms with Crippen LogP contribution in [-0.4, -0.2) is 30.3 Å². The smallest absolute Gasteiger partial charge is 0.325 e. The topological polar surface area (TPSA) is 90.9 Å². The van der Waals surface area contributed by atoms with Gasteiger partial charge in [-0.15, -0.1) is 0 Å². The van der Waals surface area contributed by atoms with Crippen molar-refractivity contribution >= 4 is 34.5 Å². The summed E-state index contributed by atoms with van der Waals surface area (Å²) in [6, 6.07) is 9.20. The molecule has 27 heavy (non-hydrogen) atoms. The number of carbonyl (C=O) groups is 1. The number of aryl methyl sites for hydroxylation is 2. The highest BCUT2D eigenvalue weighted by Gasteiger charge is 2.19. The maximum Gasteiger partial charge on any atom is 0.332 e. The standard InChI is InChI=1S/C18H21N5O3S/c1-4-10-23-14-15(21(2)18(26)22(3)16(14)25)20-17(23)27-11-13(24)19-12-8-6-5-7-9-12/h5-9H,4,10-11H2,1-3H3,(H,19,24). The molecule has 1 N–H and O–H groups in total. The summed E-state index contributed by atoms with van der Waals surface area (Å²) in [6.07, 6.45) is 0.793. The number of nitrogens with one attached hydrogen (secondary N) is 1. The van der Waals surface area contributed by atoms with Gasteiger partial charge in [0.1, 0.15) is 0 Å². The van der Waals surface area contributed by atoms with E-state index in [1.807, 2.05) is 37.3 Å². The summed E-state index contributed by atoms with van der Waals surface area (Å²) in [5.74, 6) is -0.0148. The van der Waals surface area contributed by atoms with E-state index in [9.17, 15) is 14.4 Å². The molecule has 0 aliphatic rings. The Bertz CT molecular complexity index is 1100. The molecule has 0 atom stereocenters. The fourth-order valence-corrected chi connectivity index (χ4v) is 3.64. The summed E-state index contributed by atoms with van der Waals surface area (Å²) >= 11 is 1.25. The largest absolute Gasteiger partial charge is 0.332 e. The monoisotopic (exact) mass is 387 g/mol. The van der Waals surface area contributed by atoms with E-state index in [1.165, 1.54) is 23.4 Å². The number of rotatable bonds is 6. The van der Waals surface area contributed by atoms with E-state index < -0.39 is 5.69 Å². The highest BCUT2D eigenvalue weighted by Crippen LogP contribution is 2.22. The Hall–Kier alpha value is -2.81. The van der Waals surface area contributed by atoms with Gasteiger partial charge in [-0.3, -0.25) is 18.7 Å². The fourth-order valence-electron chi connectivity index (χ4n) is 2.82. The van der Waals surface area contributed by atoms with Crippen molar-refractivity contribution in [2.75, 3.05) is 11.1 Å². The first-order chi connectivity index (χ1) is 12.9. The van der Waals surface area contributed by atoms with Crippen LogP contribution in [0.2, 0.25) is 0 Å². The molecule has 0 aliphatic carbocycles. The molecule has 8 nitrogen and oxygen atoms in total. The molecule has 1 amide bonds. The molecule has 3 aromatic rings. The molecule has 3 rings (SSSR count). The van der Waals surface area contributed by atoms with Crippen LogP contribution in [0, 0.1) is 0 Å². The lowest BCUT2D eigenvalue weighted by Crippen LogP contribution is -2.37. The van der Waals surface area contributed by atoms with Crippen molar-refractivity contribution in [3.05, 3.63) is 51.2 Å². The van der Waals surface area contributed by atoms with Crippen LogP contribution in [0.15, 0.2) is 45.1 Å². The lowest BCUT2D eigenvalue weighted by molar-refractivity contribution is -0.113. The van der Waals surface area contributed by atoms with E-state index in [4.69, 9.17) is 0 Å². The maximum absolute atomic E-state index is 12.6. The van der Waals surface area contributed by atoms with Crippen LogP contribution in [0.25, 0.3) is 11.2 Å². The van der Waals surface area contributed by atoms with E-state index in [0.717, 1.165) is 16.7 Å². The third-order valence-electron chi connectivity index (χ3n) is 4.15. The predicted molar refractivity (Wildman–Crippen MR) is 106 cm³/mol. The molecule has 9 heteroatoms. The van der Waals surface area contributed by atoms with Crippen LogP contribution >= 0.6 is 11.8 Å². The molecular formula is C18H21N5O3S. The number of nitrogens with zero attached hydrogens (tertiary/aromatic N) is 4. The van der Waals surface area contributed by atoms with Gasteiger partial charge in [0.05, 0.1) is 5.75 Å². The van der Waals surface area contributed by atoms with Gasteiger partial charge in [0, 0.05) is 26.3 Å². The number of fused-ring (bicyclic) bond motifs is 1. The minimum Gasteiger partial charge on any atom is -0.325 e. The van der Waals surface area contributed by atoms with Crippen molar-refractivity contribution in [1.29, 1.82) is 0 Å². The van der Waals surface area contributed by atoms with Crippen LogP contribution in [0.1, 0.15) is 13.3 Å². The van der Waals surface area contributed by atoms with Crippen molar-refractivity contribution in [2.45, 2.75) is 25.0 Å². The molecule has 0 fully saturated rings. The number of aromatic nitrogens is 4. The average Bonchev–Trinajstić information content (AvgIpc) is 3.03. The quantitative estimate of drug-likeness (QED) is 0.649. The number of imidazole rings is 1. The Morgan fingerprint density at radius 1 is 1.15 bits per heavy atom. The summed E-state index contributed by atoms with van der Waals surface area (Å²) in [4.78, 5) is 41.4. The van der Waals surface area contributed by atoms with E-state index in [2.05, 4.69) is 10.3 Å². The van der Waals surface area contributed by atoms with Gasteiger partial charge in [0.15, 0.2) is 16.3 Å². The van der Waals surface area contributed by atoms with Gasteiger partial charge in [-0.25, -0.2) is 9.78 Å². The van der Waals surface area contributed by atoms with Gasteiger partial charge in [0.25, 0.3) is 5.56 Å². The third-order valence-corrected chi connectivity index (χ3v) is 5.13. The van der Waals surface area contributed by atoms with E-state index >= 15 is 0 Å². The number of hydrogen-bond acceptors (Lipinski definition) is 5. The first-order valence-electron chi connectivity index (χ1n) is 8.58. The Kier molecular flexibility index (Phi) is 5.50. The van der Waals surface area contributed by atoms with Gasteiger partial charge in [0.2, 0.25) is 5.91 Å². The summed E-state index contributed by atoms with van der Waals surface area (Å²) in [5, 5.41) is 3.37. The second-order valence-corrected chi connectivity index (χ2v) is 7.07. The second-order valence-electron chi connectivity index (χ2n) is 6.13. The zero-order chi connectivity index (χ0) is 19.6. The minimum absolute atomic E-state index is 0.149. The van der Waals surface area contributed by atoms with Gasteiger partial charge >= 0.3 is 5.69 Å². The van der Waals surface area contributed by atoms with Crippen LogP contribution in [-0.2, 0) is 25.4 Å². The summed E-state index contributed by atoms with van der Waals surface area (Å²) in [5.41, 5.74) is 0.637. The lowest BCUT2D eigenvalue weighted by Gasteiger charge is -2.08. The van der Waals surface area contributed by atoms with E-state index in [0.29, 0.717) is 22.9 Å². The number of anilines is 1. The number of amides is 1. The number of benzene rings is 1. The van der Waals surface area contributed by atoms with Crippen molar-refractivity contribution in [3.63, 3.8) is 0 Å². The number of para-hydroxylation sites is 1. The van der Waals surface area contributed by atoms with Crippen molar-refractivity contribution in [2.24, 2.45) is 14.1 Å². The molecule has 142 valence electrons. The molecule has 0 saturated carbocycles. The van der Waals surface area contributed by atoms with Gasteiger partial charge in [-0.05, 0) is 18.6 Å². The molecule has 0 unspecified atom stereocenters. The first-order valence-corrected chi connectivity index (χ1v) is 9.56. The SMILES string of the molecule is CCCn1c(SCC(=O)Nc2ccccc2)nc2c1c(=O)n(C)c(=O)n2C. The van der Waals surface area contributed by atoms with Crippen molar-refractivity contribution in [3.8, 4) is 0 Å². The van der Waals surface area contributed by atoms with Gasteiger partial charge in [-0.1, -0.05) is 36.9 Å². The summed E-state index contributed by atoms with van der Waals surface area (Å²) in [6.45, 7) is 2.57. The second kappa shape index (κ2) is 7.83. The van der Waals surface area contributed by atoms with Crippen molar-refractivity contribution < 1.29 is 4.79 Å². The molecule has 0 aliphatic heterocycles. The van der Waals surface area contributed by atoms with Crippen LogP contribution in [0.3, 0.4) is 0 Å². The minimum atomic E-state index is -0.424. The van der Waals surface area contributed by atoms with E-state index in [-0.39, 0.29) is 17.2 Å². The first kappa shape index (κ1) is 19.0. The normalized spacial score (nSPS) is 11.1. The molecule has 0 radical (unpaired) electrons. The van der Waals surface area contributed by atoms with Gasteiger partial charge < -0.3 is 9.88 Å². The molecule has 0 bridgehead atoms. The highest BCUT2D eigenvalue weighted by molar-refractivity contribution is 7.99. The molecule has 0 saturated heterocycles. The Balaban J connectivity index is 1.92. The zero-order valence-electron chi connectivity index (χ0n) is 15.4. The number of hydrogen-bond donors (Lipinski definition) is 1. The molecule has 2 aromatic heterocycles. The van der Waals surface area contributed by atoms with Gasteiger partial charge in [-0.2, -0.15) is 0 Å². The molecule has 1 aromatic carbocycles. The van der Waals surface area contributed by atoms with Crippen LogP contribution in [0.5, 0.6) is 0 Å². The Labute approximate surface area is 159 Å². The summed E-state index contributed by atoms with van der Waals surface area (Å²) < 4.78 is 4.22. The highest BCUT2D eigenvalue weighted by atomic mass is 32.2. The molecular weight excluding hydrogens is 366 g/mol. The average molecular weight is 387 g/mol. The third kappa shape index (κ3) is 3.68.